The molecule has 0 aliphatic carbocycles. The zero-order chi connectivity index (χ0) is 19.1. The van der Waals surface area contributed by atoms with Crippen molar-refractivity contribution in [3.63, 3.8) is 0 Å². The van der Waals surface area contributed by atoms with Crippen LogP contribution in [-0.4, -0.2) is 64.5 Å². The smallest absolute Gasteiger partial charge is 0.409 e. The van der Waals surface area contributed by atoms with Gasteiger partial charge in [-0.05, 0) is 32.6 Å². The zero-order valence-corrected chi connectivity index (χ0v) is 19.1. The fourth-order valence-corrected chi connectivity index (χ4v) is 3.65. The van der Waals surface area contributed by atoms with E-state index in [2.05, 4.69) is 30.4 Å². The van der Waals surface area contributed by atoms with Crippen LogP contribution in [0.5, 0.6) is 0 Å². The highest BCUT2D eigenvalue weighted by Gasteiger charge is 2.24. The number of nitrogens with one attached hydrogen (secondary N) is 2. The SMILES string of the molecule is CCOC(=O)N1CCC(NC(=NC)NCc2nnc3n2CCCCC3)CC1.I. The number of fused-ring (bicyclic) bond motifs is 1. The minimum atomic E-state index is -0.217. The molecule has 3 rings (SSSR count). The van der Waals surface area contributed by atoms with E-state index in [0.29, 0.717) is 26.2 Å². The molecule has 9 nitrogen and oxygen atoms in total. The lowest BCUT2D eigenvalue weighted by Crippen LogP contribution is -2.49. The first-order valence-corrected chi connectivity index (χ1v) is 10.0. The molecule has 158 valence electrons. The predicted molar refractivity (Wildman–Crippen MR) is 118 cm³/mol. The second-order valence-corrected chi connectivity index (χ2v) is 7.03. The maximum absolute atomic E-state index is 11.8. The predicted octanol–water partition coefficient (Wildman–Crippen LogP) is 1.91. The van der Waals surface area contributed by atoms with E-state index in [1.807, 2.05) is 6.92 Å². The van der Waals surface area contributed by atoms with Crippen molar-refractivity contribution in [3.05, 3.63) is 11.6 Å². The number of rotatable bonds is 4. The number of piperidine rings is 1. The molecule has 1 aromatic rings. The zero-order valence-electron chi connectivity index (χ0n) is 16.8. The first kappa shape index (κ1) is 22.7. The molecule has 2 aliphatic heterocycles. The van der Waals surface area contributed by atoms with Crippen molar-refractivity contribution in [3.8, 4) is 0 Å². The van der Waals surface area contributed by atoms with Gasteiger partial charge in [-0.25, -0.2) is 4.79 Å². The molecule has 1 saturated heterocycles. The van der Waals surface area contributed by atoms with Crippen molar-refractivity contribution in [2.24, 2.45) is 4.99 Å². The highest BCUT2D eigenvalue weighted by atomic mass is 127. The number of halogens is 1. The number of likely N-dealkylation sites (tertiary alicyclic amines) is 1. The molecule has 0 radical (unpaired) electrons. The summed E-state index contributed by atoms with van der Waals surface area (Å²) in [5, 5.41) is 15.5. The number of amides is 1. The molecule has 0 spiro atoms. The van der Waals surface area contributed by atoms with Gasteiger partial charge in [0.1, 0.15) is 5.82 Å². The van der Waals surface area contributed by atoms with Crippen molar-refractivity contribution in [2.45, 2.75) is 64.6 Å². The first-order valence-electron chi connectivity index (χ1n) is 10.0. The van der Waals surface area contributed by atoms with Crippen LogP contribution < -0.4 is 10.6 Å². The number of aromatic nitrogens is 3. The molecule has 0 unspecified atom stereocenters. The Kier molecular flexibility index (Phi) is 9.26. The summed E-state index contributed by atoms with van der Waals surface area (Å²) in [6.45, 7) is 5.25. The number of carbonyl (C=O) groups is 1. The summed E-state index contributed by atoms with van der Waals surface area (Å²) < 4.78 is 7.31. The van der Waals surface area contributed by atoms with Crippen LogP contribution in [0.2, 0.25) is 0 Å². The third-order valence-electron chi connectivity index (χ3n) is 5.19. The van der Waals surface area contributed by atoms with E-state index in [1.165, 1.54) is 19.3 Å². The summed E-state index contributed by atoms with van der Waals surface area (Å²) in [4.78, 5) is 17.9. The Hall–Kier alpha value is -1.59. The van der Waals surface area contributed by atoms with Crippen LogP contribution in [0, 0.1) is 0 Å². The Balaban J connectivity index is 0.00000280. The Morgan fingerprint density at radius 3 is 2.71 bits per heavy atom. The van der Waals surface area contributed by atoms with Gasteiger partial charge in [-0.15, -0.1) is 34.2 Å². The van der Waals surface area contributed by atoms with Crippen LogP contribution in [0.25, 0.3) is 0 Å². The number of ether oxygens (including phenoxy) is 1. The number of carbonyl (C=O) groups excluding carboxylic acids is 1. The third kappa shape index (κ3) is 5.95. The van der Waals surface area contributed by atoms with Gasteiger partial charge < -0.3 is 24.8 Å². The van der Waals surface area contributed by atoms with Crippen molar-refractivity contribution in [2.75, 3.05) is 26.7 Å². The molecule has 10 heteroatoms. The van der Waals surface area contributed by atoms with Crippen LogP contribution in [0.1, 0.15) is 50.7 Å². The van der Waals surface area contributed by atoms with Gasteiger partial charge >= 0.3 is 6.09 Å². The molecule has 2 aliphatic rings. The number of hydrogen-bond donors (Lipinski definition) is 2. The molecule has 1 amide bonds. The van der Waals surface area contributed by atoms with Crippen molar-refractivity contribution in [1.82, 2.24) is 30.3 Å². The highest BCUT2D eigenvalue weighted by Crippen LogP contribution is 2.14. The molecular formula is C18H32IN7O2. The Bertz CT molecular complexity index is 656. The molecule has 2 N–H and O–H groups in total. The fourth-order valence-electron chi connectivity index (χ4n) is 3.65. The van der Waals surface area contributed by atoms with Gasteiger partial charge in [0.2, 0.25) is 0 Å². The average Bonchev–Trinajstić information content (AvgIpc) is 2.92. The standard InChI is InChI=1S/C18H31N7O2.HI/c1-3-27-18(26)24-11-8-14(9-12-24)21-17(19-2)20-13-16-23-22-15-7-5-4-6-10-25(15)16;/h14H,3-13H2,1-2H3,(H2,19,20,21);1H. The second kappa shape index (κ2) is 11.4. The van der Waals surface area contributed by atoms with Crippen molar-refractivity contribution >= 4 is 36.0 Å². The molecule has 0 atom stereocenters. The minimum absolute atomic E-state index is 0. The molecule has 1 fully saturated rings. The highest BCUT2D eigenvalue weighted by molar-refractivity contribution is 14.0. The lowest BCUT2D eigenvalue weighted by molar-refractivity contribution is 0.0963. The fraction of sp³-hybridized carbons (Fsp3) is 0.778. The van der Waals surface area contributed by atoms with Crippen LogP contribution >= 0.6 is 24.0 Å². The molecule has 1 aromatic heterocycles. The number of aliphatic imine (C=N–C) groups is 1. The summed E-state index contributed by atoms with van der Waals surface area (Å²) in [5.41, 5.74) is 0. The largest absolute Gasteiger partial charge is 0.450 e. The van der Waals surface area contributed by atoms with Crippen LogP contribution in [-0.2, 0) is 24.2 Å². The van der Waals surface area contributed by atoms with Gasteiger partial charge in [-0.2, -0.15) is 0 Å². The van der Waals surface area contributed by atoms with E-state index in [9.17, 15) is 4.79 Å². The van der Waals surface area contributed by atoms with Crippen molar-refractivity contribution in [1.29, 1.82) is 0 Å². The monoisotopic (exact) mass is 505 g/mol. The molecule has 0 bridgehead atoms. The van der Waals surface area contributed by atoms with Gasteiger partial charge in [0.05, 0.1) is 13.2 Å². The maximum Gasteiger partial charge on any atom is 0.409 e. The summed E-state index contributed by atoms with van der Waals surface area (Å²) in [6, 6.07) is 0.289. The Morgan fingerprint density at radius 2 is 2.00 bits per heavy atom. The van der Waals surface area contributed by atoms with E-state index >= 15 is 0 Å². The van der Waals surface area contributed by atoms with Crippen LogP contribution in [0.3, 0.4) is 0 Å². The molecule has 28 heavy (non-hydrogen) atoms. The molecule has 0 aromatic carbocycles. The second-order valence-electron chi connectivity index (χ2n) is 7.03. The lowest BCUT2D eigenvalue weighted by atomic mass is 10.1. The van der Waals surface area contributed by atoms with E-state index in [4.69, 9.17) is 4.74 Å². The van der Waals surface area contributed by atoms with Crippen molar-refractivity contribution < 1.29 is 9.53 Å². The van der Waals surface area contributed by atoms with E-state index in [-0.39, 0.29) is 36.1 Å². The van der Waals surface area contributed by atoms with Gasteiger partial charge in [0.25, 0.3) is 0 Å². The van der Waals surface area contributed by atoms with Gasteiger partial charge in [-0.3, -0.25) is 4.99 Å². The van der Waals surface area contributed by atoms with Gasteiger partial charge in [0.15, 0.2) is 11.8 Å². The molecule has 0 saturated carbocycles. The van der Waals surface area contributed by atoms with E-state index < -0.39 is 0 Å². The van der Waals surface area contributed by atoms with Crippen LogP contribution in [0.4, 0.5) is 4.79 Å². The number of guanidine groups is 1. The van der Waals surface area contributed by atoms with E-state index in [1.54, 1.807) is 11.9 Å². The summed E-state index contributed by atoms with van der Waals surface area (Å²) in [7, 11) is 1.77. The topological polar surface area (TPSA) is 96.7 Å². The van der Waals surface area contributed by atoms with Gasteiger partial charge in [0, 0.05) is 39.1 Å². The summed E-state index contributed by atoms with van der Waals surface area (Å²) in [6.07, 6.45) is 6.18. The minimum Gasteiger partial charge on any atom is -0.450 e. The Labute approximate surface area is 183 Å². The third-order valence-corrected chi connectivity index (χ3v) is 5.19. The Morgan fingerprint density at radius 1 is 1.21 bits per heavy atom. The average molecular weight is 505 g/mol. The normalized spacial score (nSPS) is 17.9. The molecular weight excluding hydrogens is 473 g/mol. The first-order chi connectivity index (χ1) is 13.2. The quantitative estimate of drug-likeness (QED) is 0.369. The number of nitrogens with zero attached hydrogens (tertiary/aromatic N) is 5. The summed E-state index contributed by atoms with van der Waals surface area (Å²) >= 11 is 0. The maximum atomic E-state index is 11.8. The van der Waals surface area contributed by atoms with Crippen LogP contribution in [0.15, 0.2) is 4.99 Å². The molecule has 3 heterocycles. The lowest BCUT2D eigenvalue weighted by Gasteiger charge is -2.32. The number of aryl methyl sites for hydroxylation is 1. The summed E-state index contributed by atoms with van der Waals surface area (Å²) in [5.74, 6) is 2.82. The van der Waals surface area contributed by atoms with E-state index in [0.717, 1.165) is 43.4 Å². The number of hydrogen-bond acceptors (Lipinski definition) is 5. The van der Waals surface area contributed by atoms with Gasteiger partial charge in [-0.1, -0.05) is 6.42 Å².